The molecule has 0 aromatic heterocycles. The number of nitrogens with zero attached hydrogens (tertiary/aromatic N) is 2. The predicted molar refractivity (Wildman–Crippen MR) is 105 cm³/mol. The van der Waals surface area contributed by atoms with E-state index in [1.54, 1.807) is 12.1 Å². The van der Waals surface area contributed by atoms with E-state index in [0.717, 1.165) is 31.2 Å². The number of hydrogen-bond donors (Lipinski definition) is 0. The number of aryl methyl sites for hydroxylation is 1. The zero-order chi connectivity index (χ0) is 20.2. The molecule has 0 spiro atoms. The molecule has 0 bridgehead atoms. The number of halogens is 1. The Morgan fingerprint density at radius 1 is 1.10 bits per heavy atom. The van der Waals surface area contributed by atoms with Crippen LogP contribution in [-0.2, 0) is 11.2 Å². The van der Waals surface area contributed by atoms with Gasteiger partial charge in [-0.1, -0.05) is 6.07 Å². The van der Waals surface area contributed by atoms with E-state index in [-0.39, 0.29) is 30.4 Å². The molecule has 150 valence electrons. The fraction of sp³-hybridized carbons (Fsp3) is 0.391. The molecule has 29 heavy (non-hydrogen) atoms. The molecule has 0 saturated carbocycles. The number of rotatable bonds is 5. The van der Waals surface area contributed by atoms with E-state index >= 15 is 0 Å². The molecule has 1 aliphatic carbocycles. The van der Waals surface area contributed by atoms with Crippen LogP contribution in [0.3, 0.4) is 0 Å². The Balaban J connectivity index is 1.36. The highest BCUT2D eigenvalue weighted by Crippen LogP contribution is 2.37. The molecule has 1 heterocycles. The molecule has 6 heteroatoms. The van der Waals surface area contributed by atoms with Gasteiger partial charge in [-0.05, 0) is 60.4 Å². The summed E-state index contributed by atoms with van der Waals surface area (Å²) < 4.78 is 24.4. The maximum atomic E-state index is 13.1. The summed E-state index contributed by atoms with van der Waals surface area (Å²) in [6.07, 6.45) is 3.24. The molecule has 2 aromatic rings. The van der Waals surface area contributed by atoms with Crippen LogP contribution < -0.4 is 9.47 Å². The van der Waals surface area contributed by atoms with Gasteiger partial charge in [0.1, 0.15) is 29.5 Å². The number of amides is 1. The molecular formula is C23H23FN2O3. The predicted octanol–water partition coefficient (Wildman–Crippen LogP) is 3.83. The minimum absolute atomic E-state index is 0.00102. The standard InChI is InChI=1S/C23H23FN2O3/c24-17-3-6-18(7-4-17)29-19-9-12-26(13-10-19)23(27)21-8-2-16-1-5-20(15-22(16)21)28-14-11-25/h1,3-7,15,19,21H,2,8-10,12-14H2. The number of nitriles is 1. The summed E-state index contributed by atoms with van der Waals surface area (Å²) >= 11 is 0. The number of fused-ring (bicyclic) bond motifs is 1. The van der Waals surface area contributed by atoms with Crippen molar-refractivity contribution >= 4 is 5.91 Å². The van der Waals surface area contributed by atoms with Crippen LogP contribution in [-0.4, -0.2) is 36.6 Å². The topological polar surface area (TPSA) is 62.6 Å². The van der Waals surface area contributed by atoms with Gasteiger partial charge < -0.3 is 14.4 Å². The average molecular weight is 394 g/mol. The lowest BCUT2D eigenvalue weighted by Crippen LogP contribution is -2.43. The van der Waals surface area contributed by atoms with Crippen molar-refractivity contribution in [3.05, 3.63) is 59.4 Å². The van der Waals surface area contributed by atoms with E-state index in [1.165, 1.54) is 17.7 Å². The Hall–Kier alpha value is -3.07. The van der Waals surface area contributed by atoms with Crippen molar-refractivity contribution in [2.75, 3.05) is 19.7 Å². The maximum absolute atomic E-state index is 13.1. The van der Waals surface area contributed by atoms with E-state index in [2.05, 4.69) is 0 Å². The molecule has 1 fully saturated rings. The lowest BCUT2D eigenvalue weighted by atomic mass is 9.97. The Bertz CT molecular complexity index is 915. The van der Waals surface area contributed by atoms with Gasteiger partial charge in [0.15, 0.2) is 6.61 Å². The van der Waals surface area contributed by atoms with Gasteiger partial charge in [0, 0.05) is 25.9 Å². The number of carbonyl (C=O) groups excluding carboxylic acids is 1. The number of hydrogen-bond acceptors (Lipinski definition) is 4. The zero-order valence-electron chi connectivity index (χ0n) is 16.1. The normalized spacial score (nSPS) is 18.8. The van der Waals surface area contributed by atoms with Crippen molar-refractivity contribution < 1.29 is 18.7 Å². The smallest absolute Gasteiger partial charge is 0.230 e. The van der Waals surface area contributed by atoms with E-state index in [1.807, 2.05) is 29.2 Å². The first-order valence-corrected chi connectivity index (χ1v) is 9.97. The van der Waals surface area contributed by atoms with Crippen LogP contribution in [0.5, 0.6) is 11.5 Å². The summed E-state index contributed by atoms with van der Waals surface area (Å²) in [5, 5.41) is 8.70. The largest absolute Gasteiger partial charge is 0.490 e. The summed E-state index contributed by atoms with van der Waals surface area (Å²) in [4.78, 5) is 15.1. The lowest BCUT2D eigenvalue weighted by Gasteiger charge is -2.34. The Morgan fingerprint density at radius 3 is 2.55 bits per heavy atom. The van der Waals surface area contributed by atoms with Crippen LogP contribution in [0.4, 0.5) is 4.39 Å². The monoisotopic (exact) mass is 394 g/mol. The molecular weight excluding hydrogens is 371 g/mol. The van der Waals surface area contributed by atoms with Gasteiger partial charge in [-0.25, -0.2) is 4.39 Å². The molecule has 0 N–H and O–H groups in total. The highest BCUT2D eigenvalue weighted by atomic mass is 19.1. The number of benzene rings is 2. The molecule has 1 amide bonds. The van der Waals surface area contributed by atoms with Crippen molar-refractivity contribution in [2.45, 2.75) is 37.7 Å². The van der Waals surface area contributed by atoms with Gasteiger partial charge in [0.05, 0.1) is 5.92 Å². The molecule has 4 rings (SSSR count). The maximum Gasteiger partial charge on any atom is 0.230 e. The first kappa shape index (κ1) is 19.3. The summed E-state index contributed by atoms with van der Waals surface area (Å²) in [6, 6.07) is 13.8. The molecule has 1 unspecified atom stereocenters. The third-order valence-electron chi connectivity index (χ3n) is 5.67. The minimum atomic E-state index is -0.282. The van der Waals surface area contributed by atoms with Crippen LogP contribution >= 0.6 is 0 Å². The van der Waals surface area contributed by atoms with Gasteiger partial charge in [-0.15, -0.1) is 0 Å². The van der Waals surface area contributed by atoms with Crippen LogP contribution in [0.2, 0.25) is 0 Å². The molecule has 0 radical (unpaired) electrons. The van der Waals surface area contributed by atoms with E-state index in [9.17, 15) is 9.18 Å². The molecule has 2 aromatic carbocycles. The number of carbonyl (C=O) groups is 1. The quantitative estimate of drug-likeness (QED) is 0.773. The Labute approximate surface area is 169 Å². The summed E-state index contributed by atoms with van der Waals surface area (Å²) in [6.45, 7) is 1.31. The number of piperidine rings is 1. The van der Waals surface area contributed by atoms with Crippen LogP contribution in [0.15, 0.2) is 42.5 Å². The average Bonchev–Trinajstić information content (AvgIpc) is 3.17. The second-order valence-corrected chi connectivity index (χ2v) is 7.50. The van der Waals surface area contributed by atoms with Gasteiger partial charge in [0.2, 0.25) is 5.91 Å². The molecule has 1 atom stereocenters. The first-order valence-electron chi connectivity index (χ1n) is 9.97. The Morgan fingerprint density at radius 2 is 1.83 bits per heavy atom. The van der Waals surface area contributed by atoms with Crippen molar-refractivity contribution in [1.29, 1.82) is 5.26 Å². The second kappa shape index (κ2) is 8.52. The van der Waals surface area contributed by atoms with Gasteiger partial charge in [0.25, 0.3) is 0 Å². The van der Waals surface area contributed by atoms with Gasteiger partial charge in [-0.3, -0.25) is 4.79 Å². The third-order valence-corrected chi connectivity index (χ3v) is 5.67. The Kier molecular flexibility index (Phi) is 5.66. The van der Waals surface area contributed by atoms with Crippen molar-refractivity contribution in [3.8, 4) is 17.6 Å². The van der Waals surface area contributed by atoms with E-state index in [4.69, 9.17) is 14.7 Å². The number of likely N-dealkylation sites (tertiary alicyclic amines) is 1. The molecule has 1 saturated heterocycles. The molecule has 5 nitrogen and oxygen atoms in total. The third kappa shape index (κ3) is 4.34. The van der Waals surface area contributed by atoms with Gasteiger partial charge >= 0.3 is 0 Å². The second-order valence-electron chi connectivity index (χ2n) is 7.50. The highest BCUT2D eigenvalue weighted by molar-refractivity contribution is 5.85. The SMILES string of the molecule is N#CCOc1ccc2c(c1)C(C(=O)N1CCC(Oc3ccc(F)cc3)CC1)CC2. The van der Waals surface area contributed by atoms with Crippen LogP contribution in [0.25, 0.3) is 0 Å². The highest BCUT2D eigenvalue weighted by Gasteiger charge is 2.34. The minimum Gasteiger partial charge on any atom is -0.490 e. The zero-order valence-corrected chi connectivity index (χ0v) is 16.1. The summed E-state index contributed by atoms with van der Waals surface area (Å²) in [5.74, 6) is 1.02. The van der Waals surface area contributed by atoms with Crippen LogP contribution in [0, 0.1) is 17.1 Å². The number of ether oxygens (including phenoxy) is 2. The molecule has 2 aliphatic rings. The van der Waals surface area contributed by atoms with Crippen molar-refractivity contribution in [2.24, 2.45) is 0 Å². The fourth-order valence-electron chi connectivity index (χ4n) is 4.16. The van der Waals surface area contributed by atoms with Crippen molar-refractivity contribution in [3.63, 3.8) is 0 Å². The summed E-state index contributed by atoms with van der Waals surface area (Å²) in [5.41, 5.74) is 2.21. The fourth-order valence-corrected chi connectivity index (χ4v) is 4.16. The van der Waals surface area contributed by atoms with E-state index in [0.29, 0.717) is 24.6 Å². The first-order chi connectivity index (χ1) is 14.1. The van der Waals surface area contributed by atoms with Crippen molar-refractivity contribution in [1.82, 2.24) is 4.90 Å². The summed E-state index contributed by atoms with van der Waals surface area (Å²) in [7, 11) is 0. The van der Waals surface area contributed by atoms with Crippen LogP contribution in [0.1, 0.15) is 36.3 Å². The van der Waals surface area contributed by atoms with Gasteiger partial charge in [-0.2, -0.15) is 5.26 Å². The van der Waals surface area contributed by atoms with E-state index < -0.39 is 0 Å². The molecule has 1 aliphatic heterocycles. The lowest BCUT2D eigenvalue weighted by molar-refractivity contribution is -0.134.